The van der Waals surface area contributed by atoms with Gasteiger partial charge in [0.25, 0.3) is 0 Å². The lowest BCUT2D eigenvalue weighted by Crippen LogP contribution is -2.43. The zero-order valence-electron chi connectivity index (χ0n) is 11.3. The number of nitrogens with one attached hydrogen (secondary N) is 1. The molecule has 0 aliphatic heterocycles. The summed E-state index contributed by atoms with van der Waals surface area (Å²) in [5.74, 6) is 0.362. The monoisotopic (exact) mass is 243 g/mol. The Morgan fingerprint density at radius 3 is 2.24 bits per heavy atom. The van der Waals surface area contributed by atoms with Crippen molar-refractivity contribution in [2.24, 2.45) is 5.92 Å². The largest absolute Gasteiger partial charge is 0.446 e. The molecule has 1 aliphatic carbocycles. The molecular formula is C13H25NO3. The molecule has 1 unspecified atom stereocenters. The molecule has 2 N–H and O–H groups in total. The Morgan fingerprint density at radius 2 is 1.82 bits per heavy atom. The molecule has 0 saturated heterocycles. The van der Waals surface area contributed by atoms with Crippen molar-refractivity contribution in [1.82, 2.24) is 5.32 Å². The highest BCUT2D eigenvalue weighted by Crippen LogP contribution is 2.28. The van der Waals surface area contributed by atoms with Crippen LogP contribution in [0.3, 0.4) is 0 Å². The molecule has 100 valence electrons. The molecule has 0 aromatic carbocycles. The number of alkyl carbamates (subject to hydrolysis) is 1. The first-order valence-corrected chi connectivity index (χ1v) is 6.45. The summed E-state index contributed by atoms with van der Waals surface area (Å²) in [6.07, 6.45) is 3.00. The van der Waals surface area contributed by atoms with Crippen molar-refractivity contribution in [2.75, 3.05) is 0 Å². The zero-order valence-corrected chi connectivity index (χ0v) is 11.3. The predicted octanol–water partition coefficient (Wildman–Crippen LogP) is 2.45. The van der Waals surface area contributed by atoms with E-state index >= 15 is 0 Å². The minimum absolute atomic E-state index is 0.00681. The summed E-state index contributed by atoms with van der Waals surface area (Å²) in [7, 11) is 0. The van der Waals surface area contributed by atoms with E-state index in [4.69, 9.17) is 4.74 Å². The molecule has 4 heteroatoms. The van der Waals surface area contributed by atoms with Crippen LogP contribution >= 0.6 is 0 Å². The number of hydrogen-bond donors (Lipinski definition) is 2. The Kier molecular flexibility index (Phi) is 4.80. The van der Waals surface area contributed by atoms with Crippen molar-refractivity contribution in [2.45, 2.75) is 71.1 Å². The van der Waals surface area contributed by atoms with Gasteiger partial charge in [0.1, 0.15) is 6.10 Å². The van der Waals surface area contributed by atoms with E-state index in [0.29, 0.717) is 5.92 Å². The van der Waals surface area contributed by atoms with Crippen molar-refractivity contribution in [3.8, 4) is 0 Å². The summed E-state index contributed by atoms with van der Waals surface area (Å²) >= 11 is 0. The maximum Gasteiger partial charge on any atom is 0.407 e. The van der Waals surface area contributed by atoms with Gasteiger partial charge < -0.3 is 15.2 Å². The topological polar surface area (TPSA) is 58.6 Å². The summed E-state index contributed by atoms with van der Waals surface area (Å²) in [5.41, 5.74) is -0.256. The van der Waals surface area contributed by atoms with Crippen LogP contribution in [-0.2, 0) is 4.74 Å². The van der Waals surface area contributed by atoms with Gasteiger partial charge in [-0.25, -0.2) is 4.79 Å². The second-order valence-electron chi connectivity index (χ2n) is 6.06. The lowest BCUT2D eigenvalue weighted by atomic mass is 9.84. The summed E-state index contributed by atoms with van der Waals surface area (Å²) in [5, 5.41) is 12.3. The van der Waals surface area contributed by atoms with E-state index in [0.717, 1.165) is 25.7 Å². The van der Waals surface area contributed by atoms with Crippen LogP contribution in [0.5, 0.6) is 0 Å². The summed E-state index contributed by atoms with van der Waals surface area (Å²) in [6, 6.07) is 0. The Hall–Kier alpha value is -0.770. The number of carbonyl (C=O) groups is 1. The van der Waals surface area contributed by atoms with Crippen molar-refractivity contribution in [3.63, 3.8) is 0 Å². The maximum atomic E-state index is 11.6. The first-order valence-electron chi connectivity index (χ1n) is 6.45. The fourth-order valence-electron chi connectivity index (χ4n) is 2.18. The minimum Gasteiger partial charge on any atom is -0.446 e. The van der Waals surface area contributed by atoms with Crippen LogP contribution in [0.1, 0.15) is 53.4 Å². The van der Waals surface area contributed by atoms with E-state index < -0.39 is 0 Å². The van der Waals surface area contributed by atoms with Crippen molar-refractivity contribution in [1.29, 1.82) is 0 Å². The van der Waals surface area contributed by atoms with Crippen molar-refractivity contribution in [3.05, 3.63) is 0 Å². The van der Waals surface area contributed by atoms with Crippen LogP contribution in [0.2, 0.25) is 0 Å². The highest BCUT2D eigenvalue weighted by Gasteiger charge is 2.27. The second kappa shape index (κ2) is 5.71. The molecule has 0 bridgehead atoms. The lowest BCUT2D eigenvalue weighted by molar-refractivity contribution is 0.0321. The third kappa shape index (κ3) is 5.39. The molecule has 0 aromatic heterocycles. The molecule has 0 spiro atoms. The maximum absolute atomic E-state index is 11.6. The molecule has 4 nitrogen and oxygen atoms in total. The molecule has 1 amide bonds. The van der Waals surface area contributed by atoms with Crippen LogP contribution in [-0.4, -0.2) is 28.9 Å². The number of hydrogen-bond acceptors (Lipinski definition) is 3. The molecule has 1 saturated carbocycles. The van der Waals surface area contributed by atoms with Crippen LogP contribution in [0.4, 0.5) is 4.79 Å². The van der Waals surface area contributed by atoms with Gasteiger partial charge in [-0.1, -0.05) is 0 Å². The van der Waals surface area contributed by atoms with E-state index in [1.807, 2.05) is 27.7 Å². The van der Waals surface area contributed by atoms with Gasteiger partial charge >= 0.3 is 6.09 Å². The standard InChI is InChI=1S/C13H25NO3/c1-9(15)10-5-7-11(8-6-10)17-12(16)14-13(2,3)4/h9-11,15H,5-8H2,1-4H3,(H,14,16). The first kappa shape index (κ1) is 14.3. The number of aliphatic hydroxyl groups excluding tert-OH is 1. The first-order chi connectivity index (χ1) is 7.78. The van der Waals surface area contributed by atoms with Gasteiger partial charge in [0.15, 0.2) is 0 Å². The van der Waals surface area contributed by atoms with E-state index in [-0.39, 0.29) is 23.8 Å². The third-order valence-corrected chi connectivity index (χ3v) is 3.15. The molecule has 0 radical (unpaired) electrons. The highest BCUT2D eigenvalue weighted by atomic mass is 16.6. The van der Waals surface area contributed by atoms with Gasteiger partial charge in [-0.15, -0.1) is 0 Å². The molecule has 0 aromatic rings. The SMILES string of the molecule is CC(O)C1CCC(OC(=O)NC(C)(C)C)CC1. The normalized spacial score (nSPS) is 27.4. The second-order valence-corrected chi connectivity index (χ2v) is 6.06. The van der Waals surface area contributed by atoms with Gasteiger partial charge in [0.05, 0.1) is 6.10 Å². The van der Waals surface area contributed by atoms with E-state index in [1.165, 1.54) is 0 Å². The van der Waals surface area contributed by atoms with Gasteiger partial charge in [0.2, 0.25) is 0 Å². The molecule has 17 heavy (non-hydrogen) atoms. The number of aliphatic hydroxyl groups is 1. The zero-order chi connectivity index (χ0) is 13.1. The van der Waals surface area contributed by atoms with Crippen molar-refractivity contribution >= 4 is 6.09 Å². The minimum atomic E-state index is -0.335. The Labute approximate surface area is 104 Å². The molecule has 1 rings (SSSR count). The predicted molar refractivity (Wildman–Crippen MR) is 66.8 cm³/mol. The lowest BCUT2D eigenvalue weighted by Gasteiger charge is -2.30. The van der Waals surface area contributed by atoms with Gasteiger partial charge in [-0.2, -0.15) is 0 Å². The molecule has 1 fully saturated rings. The summed E-state index contributed by atoms with van der Waals surface area (Å²) < 4.78 is 5.36. The van der Waals surface area contributed by atoms with Crippen LogP contribution in [0, 0.1) is 5.92 Å². The molecular weight excluding hydrogens is 218 g/mol. The fourth-order valence-corrected chi connectivity index (χ4v) is 2.18. The molecule has 1 aliphatic rings. The fraction of sp³-hybridized carbons (Fsp3) is 0.923. The Balaban J connectivity index is 2.29. The molecule has 1 atom stereocenters. The number of amides is 1. The number of carbonyl (C=O) groups excluding carboxylic acids is 1. The summed E-state index contributed by atoms with van der Waals surface area (Å²) in [4.78, 5) is 11.6. The average Bonchev–Trinajstić information content (AvgIpc) is 2.15. The third-order valence-electron chi connectivity index (χ3n) is 3.15. The van der Waals surface area contributed by atoms with E-state index in [2.05, 4.69) is 5.32 Å². The van der Waals surface area contributed by atoms with Crippen LogP contribution in [0.15, 0.2) is 0 Å². The van der Waals surface area contributed by atoms with E-state index in [1.54, 1.807) is 0 Å². The quantitative estimate of drug-likeness (QED) is 0.783. The van der Waals surface area contributed by atoms with Crippen LogP contribution < -0.4 is 5.32 Å². The van der Waals surface area contributed by atoms with Gasteiger partial charge in [-0.05, 0) is 59.3 Å². The van der Waals surface area contributed by atoms with Crippen molar-refractivity contribution < 1.29 is 14.6 Å². The van der Waals surface area contributed by atoms with E-state index in [9.17, 15) is 9.90 Å². The van der Waals surface area contributed by atoms with Gasteiger partial charge in [-0.3, -0.25) is 0 Å². The smallest absolute Gasteiger partial charge is 0.407 e. The van der Waals surface area contributed by atoms with Gasteiger partial charge in [0, 0.05) is 5.54 Å². The number of ether oxygens (including phenoxy) is 1. The highest BCUT2D eigenvalue weighted by molar-refractivity contribution is 5.68. The average molecular weight is 243 g/mol. The number of rotatable bonds is 2. The van der Waals surface area contributed by atoms with Crippen LogP contribution in [0.25, 0.3) is 0 Å². The summed E-state index contributed by atoms with van der Waals surface area (Å²) in [6.45, 7) is 7.62. The Bertz CT molecular complexity index is 250. The Morgan fingerprint density at radius 1 is 1.29 bits per heavy atom. The molecule has 0 heterocycles.